The number of carbonyl (C=O) groups is 1. The van der Waals surface area contributed by atoms with Gasteiger partial charge in [-0.3, -0.25) is 14.9 Å². The summed E-state index contributed by atoms with van der Waals surface area (Å²) in [7, 11) is 0. The quantitative estimate of drug-likeness (QED) is 0.359. The monoisotopic (exact) mass is 443 g/mol. The molecule has 1 aliphatic rings. The lowest BCUT2D eigenvalue weighted by molar-refractivity contribution is -0.384. The standard InChI is InChI=1S/C16H18ClN5O4S2/c1-9(14(23)19-13-7-10(22(24)25)4-5-12(13)17)27-16-21-20-15(28-16)18-8-11-3-2-6-26-11/h4-5,7,9,11H,2-3,6,8H2,1H3,(H,18,20)(H,19,23). The van der Waals surface area contributed by atoms with Gasteiger partial charge in [0.15, 0.2) is 4.34 Å². The molecule has 2 heterocycles. The minimum Gasteiger partial charge on any atom is -0.376 e. The fraction of sp³-hybridized carbons (Fsp3) is 0.438. The minimum absolute atomic E-state index is 0.147. The van der Waals surface area contributed by atoms with Gasteiger partial charge in [-0.2, -0.15) is 0 Å². The van der Waals surface area contributed by atoms with E-state index >= 15 is 0 Å². The van der Waals surface area contributed by atoms with E-state index in [1.807, 2.05) is 0 Å². The number of aromatic nitrogens is 2. The summed E-state index contributed by atoms with van der Waals surface area (Å²) in [5.41, 5.74) is 0.0515. The first-order valence-corrected chi connectivity index (χ1v) is 10.6. The van der Waals surface area contributed by atoms with Crippen LogP contribution in [0, 0.1) is 10.1 Å². The Morgan fingerprint density at radius 3 is 3.07 bits per heavy atom. The highest BCUT2D eigenvalue weighted by atomic mass is 35.5. The maximum Gasteiger partial charge on any atom is 0.271 e. The Labute approximate surface area is 174 Å². The molecule has 1 amide bonds. The van der Waals surface area contributed by atoms with Gasteiger partial charge in [0, 0.05) is 25.3 Å². The Morgan fingerprint density at radius 1 is 1.54 bits per heavy atom. The number of hydrogen-bond acceptors (Lipinski definition) is 9. The third-order valence-corrected chi connectivity index (χ3v) is 6.37. The summed E-state index contributed by atoms with van der Waals surface area (Å²) in [6.45, 7) is 3.19. The molecule has 2 unspecified atom stereocenters. The van der Waals surface area contributed by atoms with Gasteiger partial charge in [0.2, 0.25) is 11.0 Å². The number of non-ortho nitro benzene ring substituents is 1. The Balaban J connectivity index is 1.54. The number of nitrogens with one attached hydrogen (secondary N) is 2. The van der Waals surface area contributed by atoms with E-state index in [2.05, 4.69) is 20.8 Å². The number of benzene rings is 1. The summed E-state index contributed by atoms with van der Waals surface area (Å²) < 4.78 is 6.19. The van der Waals surface area contributed by atoms with E-state index in [0.717, 1.165) is 19.4 Å². The largest absolute Gasteiger partial charge is 0.376 e. The van der Waals surface area contributed by atoms with Crippen LogP contribution in [0.25, 0.3) is 0 Å². The van der Waals surface area contributed by atoms with Gasteiger partial charge in [-0.15, -0.1) is 10.2 Å². The molecule has 0 radical (unpaired) electrons. The second-order valence-corrected chi connectivity index (χ2v) is 9.03. The van der Waals surface area contributed by atoms with Crippen molar-refractivity contribution in [2.45, 2.75) is 35.5 Å². The summed E-state index contributed by atoms with van der Waals surface area (Å²) in [6.07, 6.45) is 2.31. The van der Waals surface area contributed by atoms with Gasteiger partial charge in [-0.05, 0) is 25.8 Å². The average Bonchev–Trinajstić information content (AvgIpc) is 3.33. The van der Waals surface area contributed by atoms with Gasteiger partial charge < -0.3 is 15.4 Å². The van der Waals surface area contributed by atoms with E-state index < -0.39 is 10.2 Å². The van der Waals surface area contributed by atoms with Gasteiger partial charge in [-0.25, -0.2) is 0 Å². The molecule has 28 heavy (non-hydrogen) atoms. The smallest absolute Gasteiger partial charge is 0.271 e. The van der Waals surface area contributed by atoms with E-state index in [-0.39, 0.29) is 28.4 Å². The van der Waals surface area contributed by atoms with E-state index in [9.17, 15) is 14.9 Å². The number of rotatable bonds is 8. The summed E-state index contributed by atoms with van der Waals surface area (Å²) >= 11 is 8.63. The van der Waals surface area contributed by atoms with Gasteiger partial charge in [0.1, 0.15) is 0 Å². The highest BCUT2D eigenvalue weighted by molar-refractivity contribution is 8.02. The highest BCUT2D eigenvalue weighted by Gasteiger charge is 2.20. The Morgan fingerprint density at radius 2 is 2.36 bits per heavy atom. The van der Waals surface area contributed by atoms with Crippen LogP contribution in [0.3, 0.4) is 0 Å². The predicted octanol–water partition coefficient (Wildman–Crippen LogP) is 3.81. The van der Waals surface area contributed by atoms with Crippen molar-refractivity contribution in [3.8, 4) is 0 Å². The number of ether oxygens (including phenoxy) is 1. The fourth-order valence-electron chi connectivity index (χ4n) is 2.50. The van der Waals surface area contributed by atoms with Crippen LogP contribution >= 0.6 is 34.7 Å². The van der Waals surface area contributed by atoms with Crippen molar-refractivity contribution in [1.82, 2.24) is 10.2 Å². The number of carbonyl (C=O) groups excluding carboxylic acids is 1. The number of nitrogens with zero attached hydrogens (tertiary/aromatic N) is 3. The lowest BCUT2D eigenvalue weighted by Gasteiger charge is -2.11. The first-order chi connectivity index (χ1) is 13.4. The van der Waals surface area contributed by atoms with Crippen molar-refractivity contribution in [2.75, 3.05) is 23.8 Å². The highest BCUT2D eigenvalue weighted by Crippen LogP contribution is 2.31. The lowest BCUT2D eigenvalue weighted by atomic mass is 10.2. The van der Waals surface area contributed by atoms with Gasteiger partial charge >= 0.3 is 0 Å². The number of hydrogen-bond donors (Lipinski definition) is 2. The maximum absolute atomic E-state index is 12.4. The molecule has 1 aromatic heterocycles. The van der Waals surface area contributed by atoms with Gasteiger partial charge in [-0.1, -0.05) is 34.7 Å². The zero-order chi connectivity index (χ0) is 20.1. The maximum atomic E-state index is 12.4. The molecular formula is C16H18ClN5O4S2. The molecule has 150 valence electrons. The SMILES string of the molecule is CC(Sc1nnc(NCC2CCCO2)s1)C(=O)Nc1cc([N+](=O)[O-])ccc1Cl. The van der Waals surface area contributed by atoms with E-state index in [1.165, 1.54) is 41.3 Å². The summed E-state index contributed by atoms with van der Waals surface area (Å²) in [4.78, 5) is 22.8. The third kappa shape index (κ3) is 5.53. The Hall–Kier alpha value is -1.95. The first kappa shape index (κ1) is 20.8. The van der Waals surface area contributed by atoms with Gasteiger partial charge in [0.05, 0.1) is 27.0 Å². The second-order valence-electron chi connectivity index (χ2n) is 6.06. The molecule has 2 atom stereocenters. The second kappa shape index (κ2) is 9.50. The molecular weight excluding hydrogens is 426 g/mol. The number of amides is 1. The third-order valence-electron chi connectivity index (χ3n) is 3.98. The normalized spacial score (nSPS) is 17.3. The van der Waals surface area contributed by atoms with Crippen LogP contribution in [-0.4, -0.2) is 45.5 Å². The molecule has 3 rings (SSSR count). The van der Waals surface area contributed by atoms with Crippen molar-refractivity contribution in [3.63, 3.8) is 0 Å². The van der Waals surface area contributed by atoms with E-state index in [0.29, 0.717) is 16.0 Å². The Bertz CT molecular complexity index is 859. The number of thioether (sulfide) groups is 1. The summed E-state index contributed by atoms with van der Waals surface area (Å²) in [5.74, 6) is -0.337. The zero-order valence-corrected chi connectivity index (χ0v) is 17.3. The number of anilines is 2. The average molecular weight is 444 g/mol. The molecule has 12 heteroatoms. The molecule has 9 nitrogen and oxygen atoms in total. The molecule has 2 aromatic rings. The topological polar surface area (TPSA) is 119 Å². The molecule has 0 bridgehead atoms. The van der Waals surface area contributed by atoms with Crippen molar-refractivity contribution >= 4 is 57.1 Å². The zero-order valence-electron chi connectivity index (χ0n) is 14.9. The van der Waals surface area contributed by atoms with Crippen molar-refractivity contribution in [1.29, 1.82) is 0 Å². The molecule has 1 fully saturated rings. The van der Waals surface area contributed by atoms with Crippen LogP contribution in [0.15, 0.2) is 22.5 Å². The number of halogens is 1. The van der Waals surface area contributed by atoms with Crippen molar-refractivity contribution < 1.29 is 14.5 Å². The van der Waals surface area contributed by atoms with Crippen LogP contribution in [0.5, 0.6) is 0 Å². The molecule has 0 aliphatic carbocycles. The predicted molar refractivity (Wildman–Crippen MR) is 109 cm³/mol. The van der Waals surface area contributed by atoms with Crippen molar-refractivity contribution in [2.24, 2.45) is 0 Å². The molecule has 1 saturated heterocycles. The minimum atomic E-state index is -0.545. The molecule has 0 spiro atoms. The fourth-order valence-corrected chi connectivity index (χ4v) is 4.56. The van der Waals surface area contributed by atoms with Crippen molar-refractivity contribution in [3.05, 3.63) is 33.3 Å². The number of nitro benzene ring substituents is 1. The van der Waals surface area contributed by atoms with E-state index in [4.69, 9.17) is 16.3 Å². The molecule has 2 N–H and O–H groups in total. The first-order valence-electron chi connectivity index (χ1n) is 8.53. The van der Waals surface area contributed by atoms with Gasteiger partial charge in [0.25, 0.3) is 5.69 Å². The van der Waals surface area contributed by atoms with Crippen LogP contribution in [0.1, 0.15) is 19.8 Å². The lowest BCUT2D eigenvalue weighted by Crippen LogP contribution is -2.22. The molecule has 1 aliphatic heterocycles. The van der Waals surface area contributed by atoms with Crippen LogP contribution in [-0.2, 0) is 9.53 Å². The van der Waals surface area contributed by atoms with Crippen LogP contribution in [0.4, 0.5) is 16.5 Å². The molecule has 1 aromatic carbocycles. The summed E-state index contributed by atoms with van der Waals surface area (Å²) in [5, 5.41) is 25.3. The van der Waals surface area contributed by atoms with E-state index in [1.54, 1.807) is 6.92 Å². The Kier molecular flexibility index (Phi) is 7.05. The molecule has 0 saturated carbocycles. The van der Waals surface area contributed by atoms with Crippen LogP contribution in [0.2, 0.25) is 5.02 Å². The van der Waals surface area contributed by atoms with Crippen LogP contribution < -0.4 is 10.6 Å². The summed E-state index contributed by atoms with van der Waals surface area (Å²) in [6, 6.07) is 3.89. The number of nitro groups is 1.